The maximum atomic E-state index is 12.1. The first-order chi connectivity index (χ1) is 8.23. The zero-order chi connectivity index (χ0) is 11.9. The lowest BCUT2D eigenvalue weighted by molar-refractivity contribution is -0.120. The van der Waals surface area contributed by atoms with Crippen molar-refractivity contribution in [2.75, 3.05) is 31.0 Å². The monoisotopic (exact) mass is 234 g/mol. The van der Waals surface area contributed by atoms with Gasteiger partial charge in [-0.2, -0.15) is 0 Å². The second-order valence-electron chi connectivity index (χ2n) is 4.38. The predicted octanol–water partition coefficient (Wildman–Crippen LogP) is 1.22. The Balaban J connectivity index is 1.99. The smallest absolute Gasteiger partial charge is 0.252 e. The van der Waals surface area contributed by atoms with Crippen LogP contribution in [0.4, 0.5) is 11.4 Å². The zero-order valence-electron chi connectivity index (χ0n) is 9.58. The maximum Gasteiger partial charge on any atom is 0.252 e. The number of carbonyl (C=O) groups excluding carboxylic acids is 1. The minimum absolute atomic E-state index is 0.0207. The molecule has 2 N–H and O–H groups in total. The van der Waals surface area contributed by atoms with Gasteiger partial charge in [0.15, 0.2) is 0 Å². The van der Waals surface area contributed by atoms with Crippen molar-refractivity contribution >= 4 is 17.3 Å². The fraction of sp³-hybridized carbons (Fsp3) is 0.417. The van der Waals surface area contributed by atoms with E-state index in [1.807, 2.05) is 18.2 Å². The first kappa shape index (κ1) is 10.4. The molecule has 1 amide bonds. The highest BCUT2D eigenvalue weighted by Gasteiger charge is 2.45. The molecule has 2 heterocycles. The van der Waals surface area contributed by atoms with Crippen molar-refractivity contribution in [2.24, 2.45) is 0 Å². The van der Waals surface area contributed by atoms with Crippen LogP contribution in [0.2, 0.25) is 0 Å². The van der Waals surface area contributed by atoms with Crippen molar-refractivity contribution in [2.45, 2.75) is 12.0 Å². The van der Waals surface area contributed by atoms with Gasteiger partial charge in [0, 0.05) is 19.1 Å². The van der Waals surface area contributed by atoms with Crippen LogP contribution in [0, 0.1) is 0 Å². The highest BCUT2D eigenvalue weighted by atomic mass is 16.5. The Hall–Kier alpha value is -1.75. The summed E-state index contributed by atoms with van der Waals surface area (Å²) in [5.74, 6) is 0.745. The zero-order valence-corrected chi connectivity index (χ0v) is 9.58. The van der Waals surface area contributed by atoms with E-state index in [-0.39, 0.29) is 5.91 Å². The average molecular weight is 234 g/mol. The second-order valence-corrected chi connectivity index (χ2v) is 4.38. The average Bonchev–Trinajstić information content (AvgIpc) is 2.80. The predicted molar refractivity (Wildman–Crippen MR) is 63.4 cm³/mol. The van der Waals surface area contributed by atoms with Crippen molar-refractivity contribution in [3.63, 3.8) is 0 Å². The van der Waals surface area contributed by atoms with E-state index in [1.54, 1.807) is 7.11 Å². The highest BCUT2D eigenvalue weighted by molar-refractivity contribution is 6.06. The third-order valence-corrected chi connectivity index (χ3v) is 3.31. The van der Waals surface area contributed by atoms with Gasteiger partial charge < -0.3 is 20.1 Å². The van der Waals surface area contributed by atoms with Crippen LogP contribution in [-0.4, -0.2) is 31.8 Å². The molecule has 0 radical (unpaired) electrons. The summed E-state index contributed by atoms with van der Waals surface area (Å²) >= 11 is 0. The van der Waals surface area contributed by atoms with E-state index in [2.05, 4.69) is 10.6 Å². The fourth-order valence-corrected chi connectivity index (χ4v) is 2.26. The van der Waals surface area contributed by atoms with Crippen LogP contribution in [-0.2, 0) is 9.53 Å². The summed E-state index contributed by atoms with van der Waals surface area (Å²) in [6, 6.07) is 5.54. The van der Waals surface area contributed by atoms with E-state index < -0.39 is 5.54 Å². The maximum absolute atomic E-state index is 12.1. The number of carbonyl (C=O) groups is 1. The number of ether oxygens (including phenoxy) is 2. The second kappa shape index (κ2) is 3.63. The number of methoxy groups -OCH3 is 1. The first-order valence-electron chi connectivity index (χ1n) is 5.59. The van der Waals surface area contributed by atoms with Crippen molar-refractivity contribution in [1.82, 2.24) is 0 Å². The Morgan fingerprint density at radius 1 is 1.41 bits per heavy atom. The van der Waals surface area contributed by atoms with E-state index in [4.69, 9.17) is 9.47 Å². The van der Waals surface area contributed by atoms with Gasteiger partial charge in [0.25, 0.3) is 5.91 Å². The van der Waals surface area contributed by atoms with Crippen LogP contribution >= 0.6 is 0 Å². The minimum Gasteiger partial charge on any atom is -0.497 e. The number of fused-ring (bicyclic) bond motifs is 1. The topological polar surface area (TPSA) is 59.6 Å². The molecule has 1 spiro atoms. The summed E-state index contributed by atoms with van der Waals surface area (Å²) in [6.45, 7) is 1.02. The molecule has 90 valence electrons. The number of amides is 1. The van der Waals surface area contributed by atoms with Crippen molar-refractivity contribution < 1.29 is 14.3 Å². The van der Waals surface area contributed by atoms with Crippen molar-refractivity contribution in [3.05, 3.63) is 18.2 Å². The number of hydrogen-bond donors (Lipinski definition) is 2. The van der Waals surface area contributed by atoms with Crippen molar-refractivity contribution in [3.8, 4) is 5.75 Å². The van der Waals surface area contributed by atoms with Crippen LogP contribution in [0.15, 0.2) is 18.2 Å². The molecule has 0 aliphatic carbocycles. The van der Waals surface area contributed by atoms with Crippen LogP contribution in [0.5, 0.6) is 5.75 Å². The fourth-order valence-electron chi connectivity index (χ4n) is 2.26. The number of benzene rings is 1. The Morgan fingerprint density at radius 2 is 2.29 bits per heavy atom. The van der Waals surface area contributed by atoms with Gasteiger partial charge in [-0.1, -0.05) is 0 Å². The standard InChI is InChI=1S/C12H14N2O3/c1-16-8-2-3-9-10(6-8)14-12(11(15)13-9)4-5-17-7-12/h2-3,6,14H,4-5,7H2,1H3,(H,13,15). The summed E-state index contributed by atoms with van der Waals surface area (Å²) in [6.07, 6.45) is 0.690. The summed E-state index contributed by atoms with van der Waals surface area (Å²) in [7, 11) is 1.62. The van der Waals surface area contributed by atoms with Gasteiger partial charge in [0.2, 0.25) is 0 Å². The summed E-state index contributed by atoms with van der Waals surface area (Å²) in [5.41, 5.74) is 1.06. The molecule has 1 unspecified atom stereocenters. The van der Waals surface area contributed by atoms with Gasteiger partial charge in [0.1, 0.15) is 11.3 Å². The number of rotatable bonds is 1. The van der Waals surface area contributed by atoms with Crippen LogP contribution in [0.25, 0.3) is 0 Å². The Labute approximate surface area is 99.1 Å². The highest BCUT2D eigenvalue weighted by Crippen LogP contribution is 2.36. The lowest BCUT2D eigenvalue weighted by Gasteiger charge is -2.34. The Kier molecular flexibility index (Phi) is 2.22. The van der Waals surface area contributed by atoms with E-state index >= 15 is 0 Å². The summed E-state index contributed by atoms with van der Waals surface area (Å²) in [5, 5.41) is 6.19. The molecular weight excluding hydrogens is 220 g/mol. The molecule has 1 saturated heterocycles. The molecule has 3 rings (SSSR count). The molecule has 5 heteroatoms. The van der Waals surface area contributed by atoms with Gasteiger partial charge in [-0.3, -0.25) is 4.79 Å². The van der Waals surface area contributed by atoms with Crippen LogP contribution in [0.1, 0.15) is 6.42 Å². The van der Waals surface area contributed by atoms with Gasteiger partial charge in [-0.05, 0) is 12.1 Å². The quantitative estimate of drug-likeness (QED) is 0.767. The summed E-state index contributed by atoms with van der Waals surface area (Å²) in [4.78, 5) is 12.1. The minimum atomic E-state index is -0.612. The van der Waals surface area contributed by atoms with E-state index in [9.17, 15) is 4.79 Å². The molecule has 1 aromatic carbocycles. The van der Waals surface area contributed by atoms with Gasteiger partial charge in [0.05, 0.1) is 25.1 Å². The van der Waals surface area contributed by atoms with Crippen LogP contribution < -0.4 is 15.4 Å². The third kappa shape index (κ3) is 1.54. The first-order valence-corrected chi connectivity index (χ1v) is 5.59. The number of hydrogen-bond acceptors (Lipinski definition) is 4. The lowest BCUT2D eigenvalue weighted by Crippen LogP contribution is -2.53. The molecule has 1 atom stereocenters. The largest absolute Gasteiger partial charge is 0.497 e. The van der Waals surface area contributed by atoms with Gasteiger partial charge >= 0.3 is 0 Å². The van der Waals surface area contributed by atoms with E-state index in [0.29, 0.717) is 19.6 Å². The number of anilines is 2. The Bertz CT molecular complexity index is 467. The Morgan fingerprint density at radius 3 is 3.00 bits per heavy atom. The van der Waals surface area contributed by atoms with Crippen molar-refractivity contribution in [1.29, 1.82) is 0 Å². The van der Waals surface area contributed by atoms with Crippen LogP contribution in [0.3, 0.4) is 0 Å². The molecule has 1 fully saturated rings. The normalized spacial score (nSPS) is 26.3. The summed E-state index contributed by atoms with van der Waals surface area (Å²) < 4.78 is 10.5. The van der Waals surface area contributed by atoms with E-state index in [1.165, 1.54) is 0 Å². The molecule has 17 heavy (non-hydrogen) atoms. The van der Waals surface area contributed by atoms with Gasteiger partial charge in [-0.15, -0.1) is 0 Å². The van der Waals surface area contributed by atoms with E-state index in [0.717, 1.165) is 17.1 Å². The van der Waals surface area contributed by atoms with Gasteiger partial charge in [-0.25, -0.2) is 0 Å². The molecule has 0 saturated carbocycles. The molecule has 0 aromatic heterocycles. The lowest BCUT2D eigenvalue weighted by atomic mass is 9.94. The number of nitrogens with one attached hydrogen (secondary N) is 2. The molecule has 0 bridgehead atoms. The molecule has 5 nitrogen and oxygen atoms in total. The molecule has 1 aromatic rings. The molecular formula is C12H14N2O3. The SMILES string of the molecule is COc1ccc2c(c1)NC1(CCOC1)C(=O)N2. The molecule has 2 aliphatic rings. The molecule has 2 aliphatic heterocycles. The third-order valence-electron chi connectivity index (χ3n) is 3.31.